The smallest absolute Gasteiger partial charge is 0.227 e. The lowest BCUT2D eigenvalue weighted by Gasteiger charge is -2.14. The Hall–Kier alpha value is -0.330. The molecule has 0 aromatic heterocycles. The van der Waals surface area contributed by atoms with E-state index in [1.165, 1.54) is 14.1 Å². The Morgan fingerprint density at radius 2 is 2.08 bits per heavy atom. The number of amides is 1. The second kappa shape index (κ2) is 5.41. The monoisotopic (exact) mass is 228 g/mol. The fourth-order valence-electron chi connectivity index (χ4n) is 0.606. The van der Waals surface area contributed by atoms with E-state index in [2.05, 4.69) is 5.32 Å². The van der Waals surface area contributed by atoms with E-state index in [1.807, 2.05) is 0 Å². The Labute approximate surface area is 83.1 Å². The van der Waals surface area contributed by atoms with Crippen molar-refractivity contribution in [2.24, 2.45) is 0 Å². The fraction of sp³-hybridized carbons (Fsp3) is 0.833. The zero-order chi connectivity index (χ0) is 10.5. The van der Waals surface area contributed by atoms with E-state index in [1.54, 1.807) is 0 Å². The van der Waals surface area contributed by atoms with Gasteiger partial charge in [-0.1, -0.05) is 0 Å². The minimum absolute atomic E-state index is 0.142. The number of alkyl halides is 1. The zero-order valence-electron chi connectivity index (χ0n) is 7.58. The minimum atomic E-state index is -3.38. The van der Waals surface area contributed by atoms with Gasteiger partial charge in [-0.3, -0.25) is 4.79 Å². The lowest BCUT2D eigenvalue weighted by molar-refractivity contribution is -0.120. The summed E-state index contributed by atoms with van der Waals surface area (Å²) in [6.45, 7) is 0.148. The van der Waals surface area contributed by atoms with Gasteiger partial charge in [0, 0.05) is 27.1 Å². The van der Waals surface area contributed by atoms with Crippen molar-refractivity contribution in [1.29, 1.82) is 0 Å². The molecule has 0 rings (SSSR count). The van der Waals surface area contributed by atoms with Crippen molar-refractivity contribution >= 4 is 27.5 Å². The molecule has 0 radical (unpaired) electrons. The van der Waals surface area contributed by atoms with Crippen molar-refractivity contribution in [3.8, 4) is 0 Å². The first-order valence-corrected chi connectivity index (χ1v) is 5.79. The van der Waals surface area contributed by atoms with Crippen LogP contribution in [0.1, 0.15) is 6.42 Å². The highest BCUT2D eigenvalue weighted by Crippen LogP contribution is 2.00. The van der Waals surface area contributed by atoms with Crippen LogP contribution in [0.4, 0.5) is 0 Å². The molecule has 7 heteroatoms. The van der Waals surface area contributed by atoms with Gasteiger partial charge >= 0.3 is 0 Å². The van der Waals surface area contributed by atoms with Crippen LogP contribution in [0.15, 0.2) is 0 Å². The molecule has 78 valence electrons. The summed E-state index contributed by atoms with van der Waals surface area (Å²) in [5, 5.41) is 1.94. The minimum Gasteiger partial charge on any atom is -0.359 e. The van der Waals surface area contributed by atoms with Crippen LogP contribution in [0.2, 0.25) is 0 Å². The zero-order valence-corrected chi connectivity index (χ0v) is 9.15. The highest BCUT2D eigenvalue weighted by atomic mass is 35.5. The summed E-state index contributed by atoms with van der Waals surface area (Å²) in [6, 6.07) is 0. The molecular weight excluding hydrogens is 216 g/mol. The van der Waals surface area contributed by atoms with Crippen molar-refractivity contribution < 1.29 is 13.2 Å². The Morgan fingerprint density at radius 1 is 1.54 bits per heavy atom. The van der Waals surface area contributed by atoms with Gasteiger partial charge in [-0.25, -0.2) is 12.7 Å². The second-order valence-electron chi connectivity index (χ2n) is 2.47. The van der Waals surface area contributed by atoms with Crippen LogP contribution in [0, 0.1) is 0 Å². The highest BCUT2D eigenvalue weighted by Gasteiger charge is 2.16. The van der Waals surface area contributed by atoms with Gasteiger partial charge in [0.15, 0.2) is 0 Å². The van der Waals surface area contributed by atoms with Crippen LogP contribution in [-0.2, 0) is 14.8 Å². The number of hydrogen-bond acceptors (Lipinski definition) is 3. The average Bonchev–Trinajstić information content (AvgIpc) is 2.13. The second-order valence-corrected chi connectivity index (χ2v) is 5.13. The average molecular weight is 229 g/mol. The van der Waals surface area contributed by atoms with Crippen LogP contribution >= 0.6 is 11.6 Å². The molecule has 13 heavy (non-hydrogen) atoms. The maximum absolute atomic E-state index is 11.1. The Morgan fingerprint density at radius 3 is 2.46 bits per heavy atom. The first-order chi connectivity index (χ1) is 5.94. The Bertz CT molecular complexity index is 265. The number of sulfonamides is 1. The lowest BCUT2D eigenvalue weighted by Crippen LogP contribution is -2.31. The first kappa shape index (κ1) is 12.7. The van der Waals surface area contributed by atoms with Gasteiger partial charge in [-0.2, -0.15) is 0 Å². The largest absolute Gasteiger partial charge is 0.359 e. The van der Waals surface area contributed by atoms with Gasteiger partial charge in [-0.15, -0.1) is 11.6 Å². The van der Waals surface area contributed by atoms with E-state index in [-0.39, 0.29) is 18.9 Å². The molecule has 0 aliphatic carbocycles. The van der Waals surface area contributed by atoms with Gasteiger partial charge in [-0.05, 0) is 0 Å². The third kappa shape index (κ3) is 4.44. The topological polar surface area (TPSA) is 66.5 Å². The predicted octanol–water partition coefficient (Wildman–Crippen LogP) is -0.420. The molecule has 0 heterocycles. The van der Waals surface area contributed by atoms with Crippen LogP contribution in [-0.4, -0.2) is 44.5 Å². The van der Waals surface area contributed by atoms with Gasteiger partial charge in [0.05, 0.1) is 0 Å². The number of nitrogens with zero attached hydrogens (tertiary/aromatic N) is 1. The van der Waals surface area contributed by atoms with E-state index >= 15 is 0 Å². The maximum Gasteiger partial charge on any atom is 0.227 e. The summed E-state index contributed by atoms with van der Waals surface area (Å²) in [7, 11) is -0.495. The molecule has 5 nitrogen and oxygen atoms in total. The Kier molecular flexibility index (Phi) is 5.27. The molecule has 0 aromatic rings. The SMILES string of the molecule is CNC(=O)CCN(C)S(=O)(=O)CCl. The van der Waals surface area contributed by atoms with Gasteiger partial charge < -0.3 is 5.32 Å². The van der Waals surface area contributed by atoms with Crippen LogP contribution in [0.25, 0.3) is 0 Å². The van der Waals surface area contributed by atoms with E-state index in [4.69, 9.17) is 11.6 Å². The first-order valence-electron chi connectivity index (χ1n) is 3.64. The molecule has 0 aliphatic heterocycles. The molecule has 0 spiro atoms. The van der Waals surface area contributed by atoms with Crippen LogP contribution in [0.3, 0.4) is 0 Å². The molecule has 0 bridgehead atoms. The summed E-state index contributed by atoms with van der Waals surface area (Å²) < 4.78 is 23.2. The molecule has 0 aromatic carbocycles. The summed E-state index contributed by atoms with van der Waals surface area (Å²) in [5.41, 5.74) is 0. The maximum atomic E-state index is 11.1. The van der Waals surface area contributed by atoms with Gasteiger partial charge in [0.1, 0.15) is 5.21 Å². The highest BCUT2D eigenvalue weighted by molar-refractivity contribution is 7.90. The summed E-state index contributed by atoms with van der Waals surface area (Å²) in [5.74, 6) is -0.198. The molecule has 0 unspecified atom stereocenters. The van der Waals surface area contributed by atoms with Crippen LogP contribution in [0.5, 0.6) is 0 Å². The number of hydrogen-bond donors (Lipinski definition) is 1. The summed E-state index contributed by atoms with van der Waals surface area (Å²) >= 11 is 5.21. The number of carbonyl (C=O) groups excluding carboxylic acids is 1. The molecule has 0 saturated heterocycles. The van der Waals surface area contributed by atoms with Crippen LogP contribution < -0.4 is 5.32 Å². The number of nitrogens with one attached hydrogen (secondary N) is 1. The van der Waals surface area contributed by atoms with Crippen molar-refractivity contribution in [3.63, 3.8) is 0 Å². The summed E-state index contributed by atoms with van der Waals surface area (Å²) in [6.07, 6.45) is 0.142. The molecule has 1 N–H and O–H groups in total. The third-order valence-electron chi connectivity index (χ3n) is 1.55. The van der Waals surface area contributed by atoms with Crippen molar-refractivity contribution in [2.75, 3.05) is 25.9 Å². The molecule has 0 aliphatic rings. The van der Waals surface area contributed by atoms with Gasteiger partial charge in [0.2, 0.25) is 15.9 Å². The number of rotatable bonds is 5. The number of carbonyl (C=O) groups is 1. The van der Waals surface area contributed by atoms with E-state index < -0.39 is 15.2 Å². The lowest BCUT2D eigenvalue weighted by atomic mass is 10.4. The molecule has 0 atom stereocenters. The van der Waals surface area contributed by atoms with E-state index in [9.17, 15) is 13.2 Å². The standard InChI is InChI=1S/C6H13ClN2O3S/c1-8-6(10)3-4-9(2)13(11,12)5-7/h3-5H2,1-2H3,(H,8,10). The molecule has 1 amide bonds. The fourth-order valence-corrected chi connectivity index (χ4v) is 1.64. The van der Waals surface area contributed by atoms with E-state index in [0.717, 1.165) is 4.31 Å². The van der Waals surface area contributed by atoms with Crippen molar-refractivity contribution in [2.45, 2.75) is 6.42 Å². The summed E-state index contributed by atoms with van der Waals surface area (Å²) in [4.78, 5) is 10.8. The molecule has 0 fully saturated rings. The molecule has 0 saturated carbocycles. The van der Waals surface area contributed by atoms with Crippen molar-refractivity contribution in [3.05, 3.63) is 0 Å². The quantitative estimate of drug-likeness (QED) is 0.650. The molecular formula is C6H13ClN2O3S. The Balaban J connectivity index is 4.02. The van der Waals surface area contributed by atoms with Crippen molar-refractivity contribution in [1.82, 2.24) is 9.62 Å². The normalized spacial score (nSPS) is 11.7. The predicted molar refractivity (Wildman–Crippen MR) is 51.0 cm³/mol. The number of halogens is 1. The van der Waals surface area contributed by atoms with E-state index in [0.29, 0.717) is 0 Å². The third-order valence-corrected chi connectivity index (χ3v) is 3.78. The van der Waals surface area contributed by atoms with Gasteiger partial charge in [0.25, 0.3) is 0 Å².